The van der Waals surface area contributed by atoms with Gasteiger partial charge in [-0.25, -0.2) is 0 Å². The van der Waals surface area contributed by atoms with Gasteiger partial charge in [-0.3, -0.25) is 0 Å². The molecular weight excluding hydrogens is 176 g/mol. The largest absolute Gasteiger partial charge is 0.369 e. The van der Waals surface area contributed by atoms with Crippen molar-refractivity contribution in [3.05, 3.63) is 18.3 Å². The maximum absolute atomic E-state index is 3.97. The zero-order valence-corrected chi connectivity index (χ0v) is 8.24. The third-order valence-electron chi connectivity index (χ3n) is 2.59. The molecule has 1 fully saturated rings. The number of nitrogens with one attached hydrogen (secondary N) is 2. The van der Waals surface area contributed by atoms with Crippen LogP contribution in [0.5, 0.6) is 0 Å². The normalized spacial score (nSPS) is 21.0. The first-order valence-corrected chi connectivity index (χ1v) is 5.17. The van der Waals surface area contributed by atoms with Gasteiger partial charge in [0, 0.05) is 12.7 Å². The van der Waals surface area contributed by atoms with Crippen LogP contribution in [-0.4, -0.2) is 29.8 Å². The van der Waals surface area contributed by atoms with Gasteiger partial charge in [0.1, 0.15) is 5.82 Å². The molecule has 2 rings (SSSR count). The molecule has 2 N–H and O–H groups in total. The maximum atomic E-state index is 3.97. The van der Waals surface area contributed by atoms with Gasteiger partial charge in [0.05, 0.1) is 0 Å². The van der Waals surface area contributed by atoms with Crippen molar-refractivity contribution in [2.75, 3.05) is 25.0 Å². The van der Waals surface area contributed by atoms with Crippen LogP contribution < -0.4 is 10.6 Å². The number of anilines is 1. The molecule has 1 atom stereocenters. The van der Waals surface area contributed by atoms with Crippen molar-refractivity contribution < 1.29 is 0 Å². The number of nitrogens with zero attached hydrogens (tertiary/aromatic N) is 2. The summed E-state index contributed by atoms with van der Waals surface area (Å²) in [6.07, 6.45) is 4.21. The lowest BCUT2D eigenvalue weighted by atomic mass is 10.1. The molecule has 14 heavy (non-hydrogen) atoms. The van der Waals surface area contributed by atoms with E-state index in [1.807, 2.05) is 12.1 Å². The van der Waals surface area contributed by atoms with E-state index < -0.39 is 0 Å². The first-order valence-electron chi connectivity index (χ1n) is 5.17. The van der Waals surface area contributed by atoms with Crippen molar-refractivity contribution >= 4 is 5.82 Å². The Labute approximate surface area is 84.1 Å². The summed E-state index contributed by atoms with van der Waals surface area (Å²) in [5.74, 6) is 1.71. The molecule has 0 amide bonds. The second kappa shape index (κ2) is 4.91. The van der Waals surface area contributed by atoms with Crippen LogP contribution in [0.4, 0.5) is 5.82 Å². The van der Waals surface area contributed by atoms with Gasteiger partial charge < -0.3 is 10.6 Å². The van der Waals surface area contributed by atoms with Gasteiger partial charge in [0.15, 0.2) is 0 Å². The molecule has 1 unspecified atom stereocenters. The van der Waals surface area contributed by atoms with E-state index >= 15 is 0 Å². The molecule has 4 heteroatoms. The molecule has 4 nitrogen and oxygen atoms in total. The first kappa shape index (κ1) is 9.40. The van der Waals surface area contributed by atoms with Crippen molar-refractivity contribution in [1.82, 2.24) is 15.5 Å². The minimum absolute atomic E-state index is 0.833. The molecule has 1 aliphatic rings. The summed E-state index contributed by atoms with van der Waals surface area (Å²) >= 11 is 0. The molecule has 0 saturated carbocycles. The smallest absolute Gasteiger partial charge is 0.148 e. The third-order valence-corrected chi connectivity index (χ3v) is 2.59. The van der Waals surface area contributed by atoms with Crippen LogP contribution in [0.1, 0.15) is 12.8 Å². The summed E-state index contributed by atoms with van der Waals surface area (Å²) < 4.78 is 0. The molecule has 0 spiro atoms. The second-order valence-corrected chi connectivity index (χ2v) is 3.68. The summed E-state index contributed by atoms with van der Waals surface area (Å²) in [7, 11) is 0. The van der Waals surface area contributed by atoms with Crippen LogP contribution in [0, 0.1) is 5.92 Å². The SMILES string of the molecule is c1cnnc(NCCC2CCNC2)c1. The highest BCUT2D eigenvalue weighted by molar-refractivity contribution is 5.31. The zero-order chi connectivity index (χ0) is 9.64. The minimum atomic E-state index is 0.833. The molecule has 1 aromatic rings. The Morgan fingerprint density at radius 3 is 3.29 bits per heavy atom. The van der Waals surface area contributed by atoms with E-state index in [0.29, 0.717) is 0 Å². The molecule has 76 valence electrons. The van der Waals surface area contributed by atoms with Crippen LogP contribution in [0.2, 0.25) is 0 Å². The fourth-order valence-electron chi connectivity index (χ4n) is 1.76. The Morgan fingerprint density at radius 2 is 2.57 bits per heavy atom. The van der Waals surface area contributed by atoms with Gasteiger partial charge in [-0.1, -0.05) is 0 Å². The van der Waals surface area contributed by atoms with E-state index in [0.717, 1.165) is 18.3 Å². The lowest BCUT2D eigenvalue weighted by molar-refractivity contribution is 0.548. The summed E-state index contributed by atoms with van der Waals surface area (Å²) in [5.41, 5.74) is 0. The Kier molecular flexibility index (Phi) is 3.29. The predicted octanol–water partition coefficient (Wildman–Crippen LogP) is 0.888. The zero-order valence-electron chi connectivity index (χ0n) is 8.24. The van der Waals surface area contributed by atoms with Gasteiger partial charge >= 0.3 is 0 Å². The van der Waals surface area contributed by atoms with Crippen LogP contribution in [0.25, 0.3) is 0 Å². The van der Waals surface area contributed by atoms with E-state index in [1.54, 1.807) is 6.20 Å². The average molecular weight is 192 g/mol. The van der Waals surface area contributed by atoms with Crippen molar-refractivity contribution in [3.8, 4) is 0 Å². The van der Waals surface area contributed by atoms with Gasteiger partial charge in [0.2, 0.25) is 0 Å². The highest BCUT2D eigenvalue weighted by Crippen LogP contribution is 2.11. The summed E-state index contributed by atoms with van der Waals surface area (Å²) in [5, 5.41) is 14.4. The van der Waals surface area contributed by atoms with Crippen LogP contribution in [0.3, 0.4) is 0 Å². The number of aromatic nitrogens is 2. The fourth-order valence-corrected chi connectivity index (χ4v) is 1.76. The molecule has 1 saturated heterocycles. The third kappa shape index (κ3) is 2.67. The highest BCUT2D eigenvalue weighted by Gasteiger charge is 2.13. The molecule has 0 aliphatic carbocycles. The number of hydrogen-bond acceptors (Lipinski definition) is 4. The molecule has 1 aliphatic heterocycles. The number of hydrogen-bond donors (Lipinski definition) is 2. The molecule has 2 heterocycles. The summed E-state index contributed by atoms with van der Waals surface area (Å²) in [6, 6.07) is 3.84. The standard InChI is InChI=1S/C10H16N4/c1-2-10(14-13-5-1)12-7-4-9-3-6-11-8-9/h1-2,5,9,11H,3-4,6-8H2,(H,12,14). The molecule has 1 aromatic heterocycles. The topological polar surface area (TPSA) is 49.8 Å². The Morgan fingerprint density at radius 1 is 1.57 bits per heavy atom. The van der Waals surface area contributed by atoms with Crippen LogP contribution in [-0.2, 0) is 0 Å². The summed E-state index contributed by atoms with van der Waals surface area (Å²) in [6.45, 7) is 3.34. The highest BCUT2D eigenvalue weighted by atomic mass is 15.2. The lowest BCUT2D eigenvalue weighted by Crippen LogP contribution is -2.13. The van der Waals surface area contributed by atoms with Gasteiger partial charge in [0.25, 0.3) is 0 Å². The molecular formula is C10H16N4. The van der Waals surface area contributed by atoms with Crippen LogP contribution in [0.15, 0.2) is 18.3 Å². The Hall–Kier alpha value is -1.16. The van der Waals surface area contributed by atoms with Gasteiger partial charge in [-0.2, -0.15) is 5.10 Å². The van der Waals surface area contributed by atoms with E-state index in [9.17, 15) is 0 Å². The lowest BCUT2D eigenvalue weighted by Gasteiger charge is -2.08. The quantitative estimate of drug-likeness (QED) is 0.743. The van der Waals surface area contributed by atoms with E-state index in [1.165, 1.54) is 25.9 Å². The van der Waals surface area contributed by atoms with Crippen molar-refractivity contribution in [1.29, 1.82) is 0 Å². The molecule has 0 radical (unpaired) electrons. The maximum Gasteiger partial charge on any atom is 0.148 e. The predicted molar refractivity (Wildman–Crippen MR) is 56.1 cm³/mol. The second-order valence-electron chi connectivity index (χ2n) is 3.68. The fraction of sp³-hybridized carbons (Fsp3) is 0.600. The van der Waals surface area contributed by atoms with Gasteiger partial charge in [-0.05, 0) is 44.0 Å². The van der Waals surface area contributed by atoms with Crippen molar-refractivity contribution in [3.63, 3.8) is 0 Å². The molecule has 0 bridgehead atoms. The van der Waals surface area contributed by atoms with Gasteiger partial charge in [-0.15, -0.1) is 5.10 Å². The Bertz CT molecular complexity index is 256. The Balaban J connectivity index is 1.67. The monoisotopic (exact) mass is 192 g/mol. The first-order chi connectivity index (χ1) is 6.95. The van der Waals surface area contributed by atoms with E-state index in [4.69, 9.17) is 0 Å². The summed E-state index contributed by atoms with van der Waals surface area (Å²) in [4.78, 5) is 0. The van der Waals surface area contributed by atoms with Crippen molar-refractivity contribution in [2.24, 2.45) is 5.92 Å². The van der Waals surface area contributed by atoms with E-state index in [2.05, 4.69) is 20.8 Å². The average Bonchev–Trinajstić information content (AvgIpc) is 2.72. The molecule has 0 aromatic carbocycles. The number of rotatable bonds is 4. The van der Waals surface area contributed by atoms with Crippen molar-refractivity contribution in [2.45, 2.75) is 12.8 Å². The minimum Gasteiger partial charge on any atom is -0.369 e. The van der Waals surface area contributed by atoms with Crippen LogP contribution >= 0.6 is 0 Å². The van der Waals surface area contributed by atoms with E-state index in [-0.39, 0.29) is 0 Å².